The van der Waals surface area contributed by atoms with Gasteiger partial charge in [-0.25, -0.2) is 4.98 Å². The van der Waals surface area contributed by atoms with Crippen LogP contribution in [0.2, 0.25) is 0 Å². The van der Waals surface area contributed by atoms with E-state index in [9.17, 15) is 0 Å². The van der Waals surface area contributed by atoms with Crippen LogP contribution >= 0.6 is 11.3 Å². The fraction of sp³-hybridized carbons (Fsp3) is 0. The number of thiophene rings is 1. The van der Waals surface area contributed by atoms with Crippen LogP contribution in [0, 0.1) is 0 Å². The van der Waals surface area contributed by atoms with E-state index < -0.39 is 0 Å². The van der Waals surface area contributed by atoms with E-state index in [4.69, 9.17) is 4.98 Å². The molecule has 0 radical (unpaired) electrons. The van der Waals surface area contributed by atoms with Crippen LogP contribution in [0.15, 0.2) is 158 Å². The Hall–Kier alpha value is -6.04. The third-order valence-electron chi connectivity index (χ3n) is 9.21. The highest BCUT2D eigenvalue weighted by Gasteiger charge is 2.18. The van der Waals surface area contributed by atoms with E-state index >= 15 is 0 Å². The molecule has 0 unspecified atom stereocenters. The van der Waals surface area contributed by atoms with Gasteiger partial charge in [-0.3, -0.25) is 9.55 Å². The summed E-state index contributed by atoms with van der Waals surface area (Å²) in [4.78, 5) is 9.60. The van der Waals surface area contributed by atoms with Crippen molar-refractivity contribution in [1.82, 2.24) is 19.1 Å². The number of hydrogen-bond acceptors (Lipinski definition) is 3. The molecule has 220 valence electrons. The predicted molar refractivity (Wildman–Crippen MR) is 197 cm³/mol. The van der Waals surface area contributed by atoms with E-state index in [1.807, 2.05) is 41.8 Å². The molecule has 5 heteroatoms. The molecule has 0 bridgehead atoms. The first kappa shape index (κ1) is 26.2. The average molecular weight is 619 g/mol. The van der Waals surface area contributed by atoms with E-state index in [1.165, 1.54) is 53.1 Å². The summed E-state index contributed by atoms with van der Waals surface area (Å²) >= 11 is 1.88. The Balaban J connectivity index is 1.13. The Morgan fingerprint density at radius 3 is 2.04 bits per heavy atom. The third kappa shape index (κ3) is 4.00. The van der Waals surface area contributed by atoms with Gasteiger partial charge in [-0.2, -0.15) is 0 Å². The van der Waals surface area contributed by atoms with Gasteiger partial charge in [-0.05, 0) is 83.9 Å². The largest absolute Gasteiger partial charge is 0.309 e. The molecule has 0 spiro atoms. The molecule has 4 heterocycles. The van der Waals surface area contributed by atoms with Crippen LogP contribution in [0.25, 0.3) is 87.0 Å². The van der Waals surface area contributed by atoms with Crippen LogP contribution in [0.1, 0.15) is 0 Å². The van der Waals surface area contributed by atoms with Crippen LogP contribution in [0.3, 0.4) is 0 Å². The van der Waals surface area contributed by atoms with E-state index in [-0.39, 0.29) is 0 Å². The van der Waals surface area contributed by atoms with Gasteiger partial charge in [-0.15, -0.1) is 11.3 Å². The van der Waals surface area contributed by atoms with Gasteiger partial charge in [0.25, 0.3) is 0 Å². The van der Waals surface area contributed by atoms with Gasteiger partial charge in [-0.1, -0.05) is 78.9 Å². The zero-order chi connectivity index (χ0) is 30.9. The molecule has 0 aliphatic heterocycles. The van der Waals surface area contributed by atoms with Crippen molar-refractivity contribution in [2.45, 2.75) is 0 Å². The van der Waals surface area contributed by atoms with Crippen molar-refractivity contribution >= 4 is 64.3 Å². The maximum atomic E-state index is 4.97. The molecule has 0 aliphatic rings. The molecule has 0 saturated carbocycles. The molecule has 0 fully saturated rings. The lowest BCUT2D eigenvalue weighted by Crippen LogP contribution is -2.00. The van der Waals surface area contributed by atoms with Crippen molar-refractivity contribution in [3.63, 3.8) is 0 Å². The zero-order valence-corrected chi connectivity index (χ0v) is 26.0. The van der Waals surface area contributed by atoms with Gasteiger partial charge in [0.05, 0.1) is 22.1 Å². The first-order chi connectivity index (χ1) is 23.3. The first-order valence-electron chi connectivity index (χ1n) is 15.8. The SMILES string of the molecule is c1ccc(-c2nc3ccccc3n2-c2ccc(-n3c4ccccc4c4cc(-c5cccc6c5sc5ccccc56)ccc43)cc2)nc1. The average Bonchev–Trinajstić information content (AvgIpc) is 3.82. The lowest BCUT2D eigenvalue weighted by molar-refractivity contribution is 1.07. The standard InChI is InChI=1S/C42H26N4S/c1-4-16-37-31(10-1)34-26-27(30-12-9-13-33-32-11-2-6-18-40(32)47-41(30)33)19-24-38(34)45(37)28-20-22-29(23-21-28)46-39-17-5-3-14-35(39)44-42(46)36-15-7-8-25-43-36/h1-26H. The molecule has 10 rings (SSSR count). The summed E-state index contributed by atoms with van der Waals surface area (Å²) in [6.45, 7) is 0. The first-order valence-corrected chi connectivity index (χ1v) is 16.6. The number of para-hydroxylation sites is 3. The second-order valence-corrected chi connectivity index (χ2v) is 12.9. The molecule has 0 saturated heterocycles. The van der Waals surface area contributed by atoms with Crippen molar-refractivity contribution in [2.24, 2.45) is 0 Å². The van der Waals surface area contributed by atoms with Gasteiger partial charge in [0.15, 0.2) is 5.82 Å². The van der Waals surface area contributed by atoms with Crippen LogP contribution in [0.5, 0.6) is 0 Å². The topological polar surface area (TPSA) is 35.6 Å². The molecule has 0 aliphatic carbocycles. The molecule has 0 N–H and O–H groups in total. The lowest BCUT2D eigenvalue weighted by Gasteiger charge is -2.12. The zero-order valence-electron chi connectivity index (χ0n) is 25.2. The van der Waals surface area contributed by atoms with E-state index in [1.54, 1.807) is 0 Å². The Bertz CT molecular complexity index is 2790. The van der Waals surface area contributed by atoms with Crippen LogP contribution in [-0.4, -0.2) is 19.1 Å². The number of fused-ring (bicyclic) bond motifs is 7. The highest BCUT2D eigenvalue weighted by Crippen LogP contribution is 2.42. The number of benzene rings is 6. The molecule has 4 nitrogen and oxygen atoms in total. The molecule has 6 aromatic carbocycles. The van der Waals surface area contributed by atoms with Gasteiger partial charge >= 0.3 is 0 Å². The van der Waals surface area contributed by atoms with Gasteiger partial charge in [0.1, 0.15) is 5.69 Å². The summed E-state index contributed by atoms with van der Waals surface area (Å²) in [5, 5.41) is 5.14. The quantitative estimate of drug-likeness (QED) is 0.197. The minimum absolute atomic E-state index is 0.831. The van der Waals surface area contributed by atoms with Crippen molar-refractivity contribution < 1.29 is 0 Å². The van der Waals surface area contributed by atoms with Gasteiger partial charge < -0.3 is 4.57 Å². The number of aromatic nitrogens is 4. The molecule has 0 amide bonds. The van der Waals surface area contributed by atoms with Crippen LogP contribution < -0.4 is 0 Å². The summed E-state index contributed by atoms with van der Waals surface area (Å²) in [5.74, 6) is 0.831. The van der Waals surface area contributed by atoms with Crippen LogP contribution in [-0.2, 0) is 0 Å². The highest BCUT2D eigenvalue weighted by molar-refractivity contribution is 7.26. The summed E-state index contributed by atoms with van der Waals surface area (Å²) < 4.78 is 7.24. The fourth-order valence-electron chi connectivity index (χ4n) is 7.10. The Morgan fingerprint density at radius 2 is 1.19 bits per heavy atom. The van der Waals surface area contributed by atoms with Crippen LogP contribution in [0.4, 0.5) is 0 Å². The van der Waals surface area contributed by atoms with E-state index in [2.05, 4.69) is 142 Å². The van der Waals surface area contributed by atoms with E-state index in [0.29, 0.717) is 0 Å². The van der Waals surface area contributed by atoms with Gasteiger partial charge in [0, 0.05) is 48.5 Å². The molecule has 4 aromatic heterocycles. The number of imidazole rings is 1. The smallest absolute Gasteiger partial charge is 0.164 e. The molecular weight excluding hydrogens is 593 g/mol. The maximum absolute atomic E-state index is 4.97. The maximum Gasteiger partial charge on any atom is 0.164 e. The number of pyridine rings is 1. The summed E-state index contributed by atoms with van der Waals surface area (Å²) in [6, 6.07) is 54.1. The number of nitrogens with zero attached hydrogens (tertiary/aromatic N) is 4. The minimum Gasteiger partial charge on any atom is -0.309 e. The Labute approximate surface area is 274 Å². The summed E-state index contributed by atoms with van der Waals surface area (Å²) in [5.41, 5.74) is 9.90. The molecule has 47 heavy (non-hydrogen) atoms. The Morgan fingerprint density at radius 1 is 0.489 bits per heavy atom. The Kier molecular flexibility index (Phi) is 5.71. The van der Waals surface area contributed by atoms with Crippen molar-refractivity contribution in [1.29, 1.82) is 0 Å². The summed E-state index contributed by atoms with van der Waals surface area (Å²) in [6.07, 6.45) is 1.82. The van der Waals surface area contributed by atoms with Crippen molar-refractivity contribution in [2.75, 3.05) is 0 Å². The normalized spacial score (nSPS) is 11.8. The van der Waals surface area contributed by atoms with E-state index in [0.717, 1.165) is 33.9 Å². The lowest BCUT2D eigenvalue weighted by atomic mass is 10.0. The molecule has 0 atom stereocenters. The monoisotopic (exact) mass is 618 g/mol. The second kappa shape index (κ2) is 10.2. The predicted octanol–water partition coefficient (Wildman–Crippen LogP) is 11.2. The van der Waals surface area contributed by atoms with Crippen molar-refractivity contribution in [3.05, 3.63) is 158 Å². The molecule has 10 aromatic rings. The second-order valence-electron chi connectivity index (χ2n) is 11.9. The number of hydrogen-bond donors (Lipinski definition) is 0. The third-order valence-corrected chi connectivity index (χ3v) is 10.4. The fourth-order valence-corrected chi connectivity index (χ4v) is 8.34. The number of rotatable bonds is 4. The van der Waals surface area contributed by atoms with Gasteiger partial charge in [0.2, 0.25) is 0 Å². The molecular formula is C42H26N4S. The summed E-state index contributed by atoms with van der Waals surface area (Å²) in [7, 11) is 0. The minimum atomic E-state index is 0.831. The highest BCUT2D eigenvalue weighted by atomic mass is 32.1. The van der Waals surface area contributed by atoms with Crippen molar-refractivity contribution in [3.8, 4) is 34.0 Å².